The van der Waals surface area contributed by atoms with E-state index in [4.69, 9.17) is 11.6 Å². The number of urea groups is 1. The first-order valence-corrected chi connectivity index (χ1v) is 8.54. The predicted octanol–water partition coefficient (Wildman–Crippen LogP) is 3.52. The first kappa shape index (κ1) is 18.6. The lowest BCUT2D eigenvalue weighted by atomic mass is 10.1. The third-order valence-electron chi connectivity index (χ3n) is 3.72. The van der Waals surface area contributed by atoms with E-state index in [-0.39, 0.29) is 23.7 Å². The van der Waals surface area contributed by atoms with Crippen molar-refractivity contribution < 1.29 is 9.18 Å². The summed E-state index contributed by atoms with van der Waals surface area (Å²) in [6, 6.07) is 16.0. The third kappa shape index (κ3) is 4.92. The van der Waals surface area contributed by atoms with Gasteiger partial charge in [0.2, 0.25) is 0 Å². The van der Waals surface area contributed by atoms with Crippen LogP contribution >= 0.6 is 11.6 Å². The van der Waals surface area contributed by atoms with Crippen LogP contribution in [0, 0.1) is 5.82 Å². The Bertz CT molecular complexity index is 1010. The summed E-state index contributed by atoms with van der Waals surface area (Å²) in [6.45, 7) is 0.392. The van der Waals surface area contributed by atoms with Gasteiger partial charge in [-0.2, -0.15) is 5.10 Å². The average Bonchev–Trinajstić information content (AvgIpc) is 2.67. The van der Waals surface area contributed by atoms with Gasteiger partial charge in [-0.05, 0) is 24.3 Å². The Morgan fingerprint density at radius 1 is 1.11 bits per heavy atom. The summed E-state index contributed by atoms with van der Waals surface area (Å²) in [4.78, 5) is 23.9. The highest BCUT2D eigenvalue weighted by Gasteiger charge is 2.06. The number of amides is 2. The molecule has 6 nitrogen and oxygen atoms in total. The molecule has 0 bridgehead atoms. The molecule has 0 saturated carbocycles. The van der Waals surface area contributed by atoms with Crippen LogP contribution in [-0.4, -0.2) is 22.4 Å². The normalized spacial score (nSPS) is 10.4. The number of anilines is 1. The molecule has 2 N–H and O–H groups in total. The molecule has 0 unspecified atom stereocenters. The molecule has 3 rings (SSSR count). The van der Waals surface area contributed by atoms with Gasteiger partial charge in [0, 0.05) is 23.9 Å². The van der Waals surface area contributed by atoms with Crippen LogP contribution in [0.5, 0.6) is 0 Å². The number of halogens is 2. The Morgan fingerprint density at radius 3 is 2.63 bits per heavy atom. The molecule has 0 aliphatic rings. The molecule has 0 aliphatic heterocycles. The lowest BCUT2D eigenvalue weighted by molar-refractivity contribution is 0.251. The van der Waals surface area contributed by atoms with Gasteiger partial charge in [-0.3, -0.25) is 4.79 Å². The van der Waals surface area contributed by atoms with Crippen molar-refractivity contribution in [2.75, 3.05) is 11.9 Å². The summed E-state index contributed by atoms with van der Waals surface area (Å²) < 4.78 is 14.4. The Kier molecular flexibility index (Phi) is 5.83. The zero-order valence-electron chi connectivity index (χ0n) is 14.2. The van der Waals surface area contributed by atoms with E-state index < -0.39 is 11.8 Å². The van der Waals surface area contributed by atoms with E-state index >= 15 is 0 Å². The molecule has 0 radical (unpaired) electrons. The van der Waals surface area contributed by atoms with Crippen molar-refractivity contribution in [2.24, 2.45) is 0 Å². The van der Waals surface area contributed by atoms with Crippen LogP contribution in [0.15, 0.2) is 65.5 Å². The van der Waals surface area contributed by atoms with E-state index in [1.54, 1.807) is 6.07 Å². The van der Waals surface area contributed by atoms with Gasteiger partial charge in [0.25, 0.3) is 5.56 Å². The number of hydrogen-bond acceptors (Lipinski definition) is 3. The molecule has 1 heterocycles. The maximum absolute atomic E-state index is 13.1. The second-order valence-corrected chi connectivity index (χ2v) is 6.06. The smallest absolute Gasteiger partial charge is 0.319 e. The van der Waals surface area contributed by atoms with E-state index in [2.05, 4.69) is 15.7 Å². The minimum atomic E-state index is -0.564. The maximum Gasteiger partial charge on any atom is 0.319 e. The molecule has 138 valence electrons. The summed E-state index contributed by atoms with van der Waals surface area (Å²) in [6.07, 6.45) is 0. The van der Waals surface area contributed by atoms with Crippen molar-refractivity contribution in [3.8, 4) is 11.3 Å². The van der Waals surface area contributed by atoms with Crippen LogP contribution in [0.3, 0.4) is 0 Å². The van der Waals surface area contributed by atoms with Crippen LogP contribution in [0.1, 0.15) is 0 Å². The molecule has 3 aromatic rings. The van der Waals surface area contributed by atoms with Crippen molar-refractivity contribution in [1.29, 1.82) is 0 Å². The fourth-order valence-corrected chi connectivity index (χ4v) is 2.58. The van der Waals surface area contributed by atoms with Crippen LogP contribution in [0.25, 0.3) is 11.3 Å². The van der Waals surface area contributed by atoms with Gasteiger partial charge in [-0.15, -0.1) is 0 Å². The largest absolute Gasteiger partial charge is 0.336 e. The Morgan fingerprint density at radius 2 is 1.89 bits per heavy atom. The highest BCUT2D eigenvalue weighted by atomic mass is 35.5. The number of nitrogens with one attached hydrogen (secondary N) is 2. The van der Waals surface area contributed by atoms with Gasteiger partial charge in [0.05, 0.1) is 17.3 Å². The Hall–Kier alpha value is -3.19. The SMILES string of the molecule is O=C(NCCn1nc(-c2ccccc2)ccc1=O)Nc1ccc(F)c(Cl)c1. The standard InChI is InChI=1S/C19H16ClFN4O2/c20-15-12-14(6-7-16(15)21)23-19(27)22-10-11-25-18(26)9-8-17(24-25)13-4-2-1-3-5-13/h1-9,12H,10-11H2,(H2,22,23,27). The zero-order valence-corrected chi connectivity index (χ0v) is 14.9. The van der Waals surface area contributed by atoms with Crippen molar-refractivity contribution in [3.05, 3.63) is 81.9 Å². The van der Waals surface area contributed by atoms with Gasteiger partial charge in [-0.1, -0.05) is 41.9 Å². The Balaban J connectivity index is 1.59. The number of nitrogens with zero attached hydrogens (tertiary/aromatic N) is 2. The van der Waals surface area contributed by atoms with Gasteiger partial charge in [0.15, 0.2) is 0 Å². The van der Waals surface area contributed by atoms with E-state index in [0.717, 1.165) is 11.6 Å². The monoisotopic (exact) mass is 386 g/mol. The summed E-state index contributed by atoms with van der Waals surface area (Å²) in [7, 11) is 0. The molecular formula is C19H16ClFN4O2. The van der Waals surface area contributed by atoms with Crippen LogP contribution < -0.4 is 16.2 Å². The van der Waals surface area contributed by atoms with Gasteiger partial charge < -0.3 is 10.6 Å². The fraction of sp³-hybridized carbons (Fsp3) is 0.105. The number of aromatic nitrogens is 2. The average molecular weight is 387 g/mol. The number of benzene rings is 2. The molecule has 27 heavy (non-hydrogen) atoms. The first-order chi connectivity index (χ1) is 13.0. The number of hydrogen-bond donors (Lipinski definition) is 2. The minimum absolute atomic E-state index is 0.0821. The highest BCUT2D eigenvalue weighted by Crippen LogP contribution is 2.19. The second kappa shape index (κ2) is 8.46. The summed E-state index contributed by atoms with van der Waals surface area (Å²) in [5.41, 5.74) is 1.66. The zero-order chi connectivity index (χ0) is 19.2. The van der Waals surface area contributed by atoms with Crippen LogP contribution in [-0.2, 0) is 6.54 Å². The number of carbonyl (C=O) groups is 1. The summed E-state index contributed by atoms with van der Waals surface area (Å²) in [5.74, 6) is -0.564. The predicted molar refractivity (Wildman–Crippen MR) is 102 cm³/mol. The Labute approximate surface area is 159 Å². The molecule has 0 aliphatic carbocycles. The van der Waals surface area contributed by atoms with Crippen LogP contribution in [0.2, 0.25) is 5.02 Å². The fourth-order valence-electron chi connectivity index (χ4n) is 2.40. The summed E-state index contributed by atoms with van der Waals surface area (Å²) >= 11 is 5.67. The molecule has 0 atom stereocenters. The maximum atomic E-state index is 13.1. The van der Waals surface area contributed by atoms with Crippen molar-refractivity contribution in [3.63, 3.8) is 0 Å². The minimum Gasteiger partial charge on any atom is -0.336 e. The molecule has 0 spiro atoms. The topological polar surface area (TPSA) is 76.0 Å². The quantitative estimate of drug-likeness (QED) is 0.704. The van der Waals surface area contributed by atoms with E-state index in [1.807, 2.05) is 30.3 Å². The molecule has 0 saturated heterocycles. The molecule has 1 aromatic heterocycles. The summed E-state index contributed by atoms with van der Waals surface area (Å²) in [5, 5.41) is 9.39. The van der Waals surface area contributed by atoms with E-state index in [9.17, 15) is 14.0 Å². The lowest BCUT2D eigenvalue weighted by Crippen LogP contribution is -2.34. The molecule has 0 fully saturated rings. The number of carbonyl (C=O) groups excluding carboxylic acids is 1. The van der Waals surface area contributed by atoms with Crippen molar-refractivity contribution in [1.82, 2.24) is 15.1 Å². The molecule has 8 heteroatoms. The van der Waals surface area contributed by atoms with E-state index in [0.29, 0.717) is 11.4 Å². The molecule has 2 aromatic carbocycles. The second-order valence-electron chi connectivity index (χ2n) is 5.66. The highest BCUT2D eigenvalue weighted by molar-refractivity contribution is 6.31. The van der Waals surface area contributed by atoms with Gasteiger partial charge in [0.1, 0.15) is 5.82 Å². The lowest BCUT2D eigenvalue weighted by Gasteiger charge is -2.10. The van der Waals surface area contributed by atoms with Gasteiger partial charge >= 0.3 is 6.03 Å². The van der Waals surface area contributed by atoms with Crippen molar-refractivity contribution in [2.45, 2.75) is 6.54 Å². The molecular weight excluding hydrogens is 371 g/mol. The first-order valence-electron chi connectivity index (χ1n) is 8.16. The molecule has 2 amide bonds. The number of rotatable bonds is 5. The van der Waals surface area contributed by atoms with Crippen molar-refractivity contribution >= 4 is 23.3 Å². The van der Waals surface area contributed by atoms with Crippen LogP contribution in [0.4, 0.5) is 14.9 Å². The third-order valence-corrected chi connectivity index (χ3v) is 4.01. The van der Waals surface area contributed by atoms with Gasteiger partial charge in [-0.25, -0.2) is 13.9 Å². The van der Waals surface area contributed by atoms with E-state index in [1.165, 1.54) is 22.9 Å².